The third-order valence-electron chi connectivity index (χ3n) is 1.80. The van der Waals surface area contributed by atoms with Gasteiger partial charge in [0.1, 0.15) is 11.9 Å². The number of allylic oxidation sites excluding steroid dienone is 1. The molecule has 16 heavy (non-hydrogen) atoms. The van der Waals surface area contributed by atoms with Gasteiger partial charge in [-0.15, -0.1) is 0 Å². The first-order valence-corrected chi connectivity index (χ1v) is 5.37. The molecule has 0 radical (unpaired) electrons. The molecule has 0 saturated heterocycles. The number of carbonyl (C=O) groups excluding carboxylic acids is 2. The normalized spacial score (nSPS) is 13.9. The lowest BCUT2D eigenvalue weighted by molar-refractivity contribution is -0.104. The summed E-state index contributed by atoms with van der Waals surface area (Å²) in [6.45, 7) is 9.32. The number of ether oxygens (including phenoxy) is 1. The van der Waals surface area contributed by atoms with E-state index in [1.54, 1.807) is 26.8 Å². The molecule has 0 aliphatic heterocycles. The largest absolute Gasteiger partial charge is 0.444 e. The molecule has 0 aromatic heterocycles. The van der Waals surface area contributed by atoms with E-state index < -0.39 is 11.7 Å². The van der Waals surface area contributed by atoms with Gasteiger partial charge in [0.05, 0.1) is 6.04 Å². The molecule has 0 rings (SSSR count). The van der Waals surface area contributed by atoms with Crippen molar-refractivity contribution in [3.63, 3.8) is 0 Å². The Hall–Kier alpha value is -1.32. The molecular formula is C12H21NO3. The van der Waals surface area contributed by atoms with E-state index in [0.717, 1.165) is 0 Å². The van der Waals surface area contributed by atoms with Crippen LogP contribution in [0.4, 0.5) is 4.79 Å². The van der Waals surface area contributed by atoms with Crippen molar-refractivity contribution in [2.24, 2.45) is 5.92 Å². The predicted molar refractivity (Wildman–Crippen MR) is 63.2 cm³/mol. The number of rotatable bonds is 4. The van der Waals surface area contributed by atoms with E-state index in [1.807, 2.05) is 13.8 Å². The molecule has 1 atom stereocenters. The molecular weight excluding hydrogens is 206 g/mol. The Labute approximate surface area is 97.1 Å². The monoisotopic (exact) mass is 227 g/mol. The number of hydrogen-bond donors (Lipinski definition) is 1. The number of nitrogens with one attached hydrogen (secondary N) is 1. The summed E-state index contributed by atoms with van der Waals surface area (Å²) in [6, 6.07) is -0.194. The van der Waals surface area contributed by atoms with E-state index in [0.29, 0.717) is 6.29 Å². The average molecular weight is 227 g/mol. The molecule has 0 fully saturated rings. The minimum Gasteiger partial charge on any atom is -0.444 e. The zero-order valence-corrected chi connectivity index (χ0v) is 10.6. The summed E-state index contributed by atoms with van der Waals surface area (Å²) in [7, 11) is 0. The van der Waals surface area contributed by atoms with Crippen molar-refractivity contribution in [3.8, 4) is 0 Å². The van der Waals surface area contributed by atoms with Gasteiger partial charge in [0.15, 0.2) is 0 Å². The Bertz CT molecular complexity index is 264. The molecule has 0 unspecified atom stereocenters. The summed E-state index contributed by atoms with van der Waals surface area (Å²) in [4.78, 5) is 21.7. The van der Waals surface area contributed by atoms with E-state index in [2.05, 4.69) is 5.32 Å². The molecule has 0 aliphatic rings. The average Bonchev–Trinajstić information content (AvgIpc) is 2.08. The van der Waals surface area contributed by atoms with Gasteiger partial charge in [-0.2, -0.15) is 0 Å². The first-order valence-electron chi connectivity index (χ1n) is 5.37. The number of aldehydes is 1. The second-order valence-electron chi connectivity index (χ2n) is 4.94. The highest BCUT2D eigenvalue weighted by molar-refractivity contribution is 5.69. The highest BCUT2D eigenvalue weighted by Crippen LogP contribution is 2.09. The highest BCUT2D eigenvalue weighted by Gasteiger charge is 2.19. The van der Waals surface area contributed by atoms with Gasteiger partial charge in [0.2, 0.25) is 0 Å². The van der Waals surface area contributed by atoms with Crippen molar-refractivity contribution in [2.45, 2.75) is 46.3 Å². The van der Waals surface area contributed by atoms with Crippen LogP contribution in [0.3, 0.4) is 0 Å². The van der Waals surface area contributed by atoms with E-state index in [9.17, 15) is 9.59 Å². The molecule has 0 heterocycles. The fourth-order valence-electron chi connectivity index (χ4n) is 1.05. The SMILES string of the molecule is CC(C)[C@@H](/C=C/C=O)NC(=O)OC(C)(C)C. The molecule has 0 saturated carbocycles. The van der Waals surface area contributed by atoms with Crippen LogP contribution in [0.15, 0.2) is 12.2 Å². The van der Waals surface area contributed by atoms with Crippen molar-refractivity contribution < 1.29 is 14.3 Å². The molecule has 0 aromatic rings. The molecule has 92 valence electrons. The van der Waals surface area contributed by atoms with Crippen LogP contribution >= 0.6 is 0 Å². The Morgan fingerprint density at radius 3 is 2.25 bits per heavy atom. The van der Waals surface area contributed by atoms with Crippen LogP contribution in [0.1, 0.15) is 34.6 Å². The van der Waals surface area contributed by atoms with Crippen LogP contribution in [0.2, 0.25) is 0 Å². The lowest BCUT2D eigenvalue weighted by Crippen LogP contribution is -2.40. The number of carbonyl (C=O) groups is 2. The predicted octanol–water partition coefficient (Wildman–Crippen LogP) is 2.29. The molecule has 0 aliphatic carbocycles. The Morgan fingerprint density at radius 1 is 1.31 bits per heavy atom. The van der Waals surface area contributed by atoms with Gasteiger partial charge in [0.25, 0.3) is 0 Å². The molecule has 1 amide bonds. The zero-order valence-electron chi connectivity index (χ0n) is 10.6. The second kappa shape index (κ2) is 6.30. The maximum absolute atomic E-state index is 11.5. The summed E-state index contributed by atoms with van der Waals surface area (Å²) < 4.78 is 5.13. The topological polar surface area (TPSA) is 55.4 Å². The third-order valence-corrected chi connectivity index (χ3v) is 1.80. The summed E-state index contributed by atoms with van der Waals surface area (Å²) in [5.41, 5.74) is -0.514. The van der Waals surface area contributed by atoms with Crippen molar-refractivity contribution in [1.29, 1.82) is 0 Å². The summed E-state index contributed by atoms with van der Waals surface area (Å²) in [5.74, 6) is 0.198. The first-order chi connectivity index (χ1) is 7.26. The Balaban J connectivity index is 4.35. The summed E-state index contributed by atoms with van der Waals surface area (Å²) in [6.07, 6.45) is 3.25. The standard InChI is InChI=1S/C12H21NO3/c1-9(2)10(7-6-8-14)13-11(15)16-12(3,4)5/h6-10H,1-5H3,(H,13,15)/b7-6+/t10-/m1/s1. The van der Waals surface area contributed by atoms with Crippen LogP contribution in [0.25, 0.3) is 0 Å². The van der Waals surface area contributed by atoms with Gasteiger partial charge in [0, 0.05) is 0 Å². The van der Waals surface area contributed by atoms with E-state index >= 15 is 0 Å². The molecule has 0 spiro atoms. The summed E-state index contributed by atoms with van der Waals surface area (Å²) in [5, 5.41) is 2.70. The lowest BCUT2D eigenvalue weighted by atomic mass is 10.0. The maximum Gasteiger partial charge on any atom is 0.408 e. The summed E-state index contributed by atoms with van der Waals surface area (Å²) >= 11 is 0. The smallest absolute Gasteiger partial charge is 0.408 e. The maximum atomic E-state index is 11.5. The van der Waals surface area contributed by atoms with E-state index in [-0.39, 0.29) is 12.0 Å². The fraction of sp³-hybridized carbons (Fsp3) is 0.667. The van der Waals surface area contributed by atoms with Crippen molar-refractivity contribution in [1.82, 2.24) is 5.32 Å². The zero-order chi connectivity index (χ0) is 12.8. The van der Waals surface area contributed by atoms with Crippen LogP contribution in [-0.2, 0) is 9.53 Å². The van der Waals surface area contributed by atoms with Gasteiger partial charge in [-0.25, -0.2) is 4.79 Å². The highest BCUT2D eigenvalue weighted by atomic mass is 16.6. The third kappa shape index (κ3) is 7.04. The van der Waals surface area contributed by atoms with Crippen LogP contribution in [0, 0.1) is 5.92 Å². The quantitative estimate of drug-likeness (QED) is 0.592. The minimum atomic E-state index is -0.514. The van der Waals surface area contributed by atoms with Gasteiger partial charge >= 0.3 is 6.09 Å². The van der Waals surface area contributed by atoms with Gasteiger partial charge in [-0.1, -0.05) is 19.9 Å². The molecule has 0 bridgehead atoms. The molecule has 1 N–H and O–H groups in total. The van der Waals surface area contributed by atoms with E-state index in [4.69, 9.17) is 4.74 Å². The first kappa shape index (κ1) is 14.7. The van der Waals surface area contributed by atoms with Gasteiger partial charge in [-0.05, 0) is 32.8 Å². The molecule has 4 heteroatoms. The molecule has 4 nitrogen and oxygen atoms in total. The van der Waals surface area contributed by atoms with Gasteiger partial charge in [-0.3, -0.25) is 4.79 Å². The fourth-order valence-corrected chi connectivity index (χ4v) is 1.05. The van der Waals surface area contributed by atoms with Crippen LogP contribution < -0.4 is 5.32 Å². The van der Waals surface area contributed by atoms with Crippen molar-refractivity contribution >= 4 is 12.4 Å². The van der Waals surface area contributed by atoms with Crippen molar-refractivity contribution in [2.75, 3.05) is 0 Å². The molecule has 0 aromatic carbocycles. The second-order valence-corrected chi connectivity index (χ2v) is 4.94. The van der Waals surface area contributed by atoms with Crippen LogP contribution in [-0.4, -0.2) is 24.0 Å². The van der Waals surface area contributed by atoms with E-state index in [1.165, 1.54) is 6.08 Å². The number of amides is 1. The Morgan fingerprint density at radius 2 is 1.88 bits per heavy atom. The van der Waals surface area contributed by atoms with Crippen molar-refractivity contribution in [3.05, 3.63) is 12.2 Å². The number of alkyl carbamates (subject to hydrolysis) is 1. The minimum absolute atomic E-state index is 0.194. The Kier molecular flexibility index (Phi) is 5.78. The van der Waals surface area contributed by atoms with Gasteiger partial charge < -0.3 is 10.1 Å². The lowest BCUT2D eigenvalue weighted by Gasteiger charge is -2.23. The van der Waals surface area contributed by atoms with Crippen LogP contribution in [0.5, 0.6) is 0 Å². The number of hydrogen-bond acceptors (Lipinski definition) is 3.